The van der Waals surface area contributed by atoms with Gasteiger partial charge in [-0.1, -0.05) is 12.1 Å². The molecule has 1 fully saturated rings. The number of piperazine rings is 1. The molecule has 116 valence electrons. The minimum atomic E-state index is -0.0407. The van der Waals surface area contributed by atoms with Crippen LogP contribution in [0, 0.1) is 0 Å². The number of benzene rings is 1. The van der Waals surface area contributed by atoms with Crippen LogP contribution in [0.5, 0.6) is 5.75 Å². The molecule has 0 aliphatic carbocycles. The van der Waals surface area contributed by atoms with Crippen LogP contribution >= 0.6 is 0 Å². The summed E-state index contributed by atoms with van der Waals surface area (Å²) >= 11 is 0. The van der Waals surface area contributed by atoms with E-state index in [-0.39, 0.29) is 5.56 Å². The van der Waals surface area contributed by atoms with E-state index < -0.39 is 0 Å². The molecule has 1 aliphatic heterocycles. The summed E-state index contributed by atoms with van der Waals surface area (Å²) in [6, 6.07) is 7.34. The van der Waals surface area contributed by atoms with E-state index in [9.17, 15) is 9.90 Å². The van der Waals surface area contributed by atoms with Crippen molar-refractivity contribution in [2.24, 2.45) is 0 Å². The van der Waals surface area contributed by atoms with E-state index in [0.29, 0.717) is 31.2 Å². The number of anilines is 2. The monoisotopic (exact) mass is 300 g/mol. The fourth-order valence-corrected chi connectivity index (χ4v) is 2.79. The number of aryl methyl sites for hydroxylation is 1. The first-order valence-electron chi connectivity index (χ1n) is 7.54. The van der Waals surface area contributed by atoms with Crippen LogP contribution in [0.25, 0.3) is 0 Å². The molecule has 2 aromatic rings. The van der Waals surface area contributed by atoms with Gasteiger partial charge in [0.1, 0.15) is 5.75 Å². The third-order valence-corrected chi connectivity index (χ3v) is 4.04. The van der Waals surface area contributed by atoms with E-state index in [1.54, 1.807) is 23.0 Å². The maximum absolute atomic E-state index is 12.3. The lowest BCUT2D eigenvalue weighted by atomic mass is 10.2. The third-order valence-electron chi connectivity index (χ3n) is 4.04. The molecular weight excluding hydrogens is 280 g/mol. The summed E-state index contributed by atoms with van der Waals surface area (Å²) in [5.74, 6) is 0.809. The van der Waals surface area contributed by atoms with Crippen LogP contribution in [-0.4, -0.2) is 40.8 Å². The largest absolute Gasteiger partial charge is 0.506 e. The first-order chi connectivity index (χ1) is 10.7. The number of aromatic hydroxyl groups is 1. The zero-order valence-corrected chi connectivity index (χ0v) is 12.6. The maximum Gasteiger partial charge on any atom is 0.293 e. The van der Waals surface area contributed by atoms with E-state index in [0.717, 1.165) is 18.8 Å². The van der Waals surface area contributed by atoms with E-state index in [4.69, 9.17) is 0 Å². The molecule has 1 aliphatic rings. The molecule has 0 radical (unpaired) electrons. The minimum Gasteiger partial charge on any atom is -0.506 e. The highest BCUT2D eigenvalue weighted by molar-refractivity contribution is 5.58. The predicted molar refractivity (Wildman–Crippen MR) is 86.7 cm³/mol. The van der Waals surface area contributed by atoms with Gasteiger partial charge < -0.3 is 19.5 Å². The van der Waals surface area contributed by atoms with Gasteiger partial charge in [0.25, 0.3) is 5.56 Å². The summed E-state index contributed by atoms with van der Waals surface area (Å²) in [7, 11) is 0. The van der Waals surface area contributed by atoms with Gasteiger partial charge in [0, 0.05) is 45.1 Å². The fourth-order valence-electron chi connectivity index (χ4n) is 2.79. The lowest BCUT2D eigenvalue weighted by Crippen LogP contribution is -2.48. The van der Waals surface area contributed by atoms with Gasteiger partial charge in [-0.2, -0.15) is 0 Å². The minimum absolute atomic E-state index is 0.0407. The summed E-state index contributed by atoms with van der Waals surface area (Å²) in [4.78, 5) is 20.7. The lowest BCUT2D eigenvalue weighted by Gasteiger charge is -2.36. The molecule has 0 spiro atoms. The Kier molecular flexibility index (Phi) is 4.00. The van der Waals surface area contributed by atoms with Gasteiger partial charge >= 0.3 is 0 Å². The second-order valence-corrected chi connectivity index (χ2v) is 5.30. The topological polar surface area (TPSA) is 61.6 Å². The molecule has 0 amide bonds. The predicted octanol–water partition coefficient (Wildman–Crippen LogP) is 1.30. The number of hydrogen-bond acceptors (Lipinski definition) is 5. The summed E-state index contributed by atoms with van der Waals surface area (Å²) in [6.45, 7) is 5.52. The average molecular weight is 300 g/mol. The highest BCUT2D eigenvalue weighted by atomic mass is 16.3. The van der Waals surface area contributed by atoms with Gasteiger partial charge in [0.05, 0.1) is 5.69 Å². The van der Waals surface area contributed by atoms with Gasteiger partial charge in [0.15, 0.2) is 5.82 Å². The molecule has 3 rings (SSSR count). The molecule has 1 aromatic carbocycles. The van der Waals surface area contributed by atoms with Crippen molar-refractivity contribution in [3.63, 3.8) is 0 Å². The van der Waals surface area contributed by atoms with E-state index in [1.165, 1.54) is 0 Å². The normalized spacial score (nSPS) is 15.1. The Hall–Kier alpha value is -2.50. The smallest absolute Gasteiger partial charge is 0.293 e. The fraction of sp³-hybridized carbons (Fsp3) is 0.375. The van der Waals surface area contributed by atoms with Gasteiger partial charge in [-0.25, -0.2) is 4.98 Å². The Morgan fingerprint density at radius 2 is 1.82 bits per heavy atom. The molecule has 1 aromatic heterocycles. The van der Waals surface area contributed by atoms with Crippen LogP contribution < -0.4 is 15.4 Å². The van der Waals surface area contributed by atoms with Crippen molar-refractivity contribution in [2.45, 2.75) is 13.5 Å². The Morgan fingerprint density at radius 1 is 1.14 bits per heavy atom. The highest BCUT2D eigenvalue weighted by Crippen LogP contribution is 2.27. The second kappa shape index (κ2) is 6.09. The third kappa shape index (κ3) is 2.64. The van der Waals surface area contributed by atoms with Crippen LogP contribution in [-0.2, 0) is 6.54 Å². The molecule has 6 nitrogen and oxygen atoms in total. The summed E-state index contributed by atoms with van der Waals surface area (Å²) < 4.78 is 1.66. The van der Waals surface area contributed by atoms with Crippen LogP contribution in [0.3, 0.4) is 0 Å². The molecule has 1 saturated heterocycles. The molecule has 0 saturated carbocycles. The zero-order chi connectivity index (χ0) is 15.5. The first kappa shape index (κ1) is 14.4. The zero-order valence-electron chi connectivity index (χ0n) is 12.6. The molecule has 0 bridgehead atoms. The Labute approximate surface area is 129 Å². The SMILES string of the molecule is CCn1ccnc(N2CCN(c3ccccc3O)CC2)c1=O. The Morgan fingerprint density at radius 3 is 2.50 bits per heavy atom. The number of phenolic OH excluding ortho intramolecular Hbond substituents is 1. The summed E-state index contributed by atoms with van der Waals surface area (Å²) in [6.07, 6.45) is 3.39. The molecular formula is C16H20N4O2. The van der Waals surface area contributed by atoms with Crippen molar-refractivity contribution >= 4 is 11.5 Å². The molecule has 0 unspecified atom stereocenters. The van der Waals surface area contributed by atoms with Crippen molar-refractivity contribution < 1.29 is 5.11 Å². The highest BCUT2D eigenvalue weighted by Gasteiger charge is 2.22. The number of para-hydroxylation sites is 2. The number of hydrogen-bond donors (Lipinski definition) is 1. The molecule has 1 N–H and O–H groups in total. The van der Waals surface area contributed by atoms with Gasteiger partial charge in [-0.15, -0.1) is 0 Å². The molecule has 0 atom stereocenters. The van der Waals surface area contributed by atoms with Crippen molar-refractivity contribution in [1.29, 1.82) is 0 Å². The van der Waals surface area contributed by atoms with Crippen molar-refractivity contribution in [1.82, 2.24) is 9.55 Å². The van der Waals surface area contributed by atoms with Crippen molar-refractivity contribution in [3.05, 3.63) is 47.0 Å². The second-order valence-electron chi connectivity index (χ2n) is 5.30. The number of nitrogens with zero attached hydrogens (tertiary/aromatic N) is 4. The molecule has 22 heavy (non-hydrogen) atoms. The maximum atomic E-state index is 12.3. The van der Waals surface area contributed by atoms with E-state index in [1.807, 2.05) is 30.0 Å². The van der Waals surface area contributed by atoms with Gasteiger partial charge in [-0.3, -0.25) is 4.79 Å². The van der Waals surface area contributed by atoms with Gasteiger partial charge in [0.2, 0.25) is 0 Å². The average Bonchev–Trinajstić information content (AvgIpc) is 2.56. The van der Waals surface area contributed by atoms with Crippen molar-refractivity contribution in [2.75, 3.05) is 36.0 Å². The lowest BCUT2D eigenvalue weighted by molar-refractivity contribution is 0.472. The van der Waals surface area contributed by atoms with E-state index >= 15 is 0 Å². The Balaban J connectivity index is 1.75. The van der Waals surface area contributed by atoms with E-state index in [2.05, 4.69) is 9.88 Å². The molecule has 2 heterocycles. The number of rotatable bonds is 3. The van der Waals surface area contributed by atoms with Crippen LogP contribution in [0.15, 0.2) is 41.5 Å². The quantitative estimate of drug-likeness (QED) is 0.925. The summed E-state index contributed by atoms with van der Waals surface area (Å²) in [5, 5.41) is 9.94. The van der Waals surface area contributed by atoms with Gasteiger partial charge in [-0.05, 0) is 19.1 Å². The summed E-state index contributed by atoms with van der Waals surface area (Å²) in [5.41, 5.74) is 0.801. The van der Waals surface area contributed by atoms with Crippen molar-refractivity contribution in [3.8, 4) is 5.75 Å². The number of aromatic nitrogens is 2. The van der Waals surface area contributed by atoms with Crippen LogP contribution in [0.4, 0.5) is 11.5 Å². The standard InChI is InChI=1S/C16H20N4O2/c1-2-18-8-7-17-15(16(18)22)20-11-9-19(10-12-20)13-5-3-4-6-14(13)21/h3-8,21H,2,9-12H2,1H3. The van der Waals surface area contributed by atoms with Crippen LogP contribution in [0.2, 0.25) is 0 Å². The molecule has 6 heteroatoms. The van der Waals surface area contributed by atoms with Crippen LogP contribution in [0.1, 0.15) is 6.92 Å². The Bertz CT molecular complexity index is 705. The first-order valence-corrected chi connectivity index (χ1v) is 7.54. The number of phenols is 1.